The first kappa shape index (κ1) is 21.2. The van der Waals surface area contributed by atoms with Crippen molar-refractivity contribution >= 4 is 17.3 Å². The van der Waals surface area contributed by atoms with E-state index in [1.165, 1.54) is 29.7 Å². The van der Waals surface area contributed by atoms with Gasteiger partial charge in [0.15, 0.2) is 0 Å². The topological polar surface area (TPSA) is 77.7 Å². The van der Waals surface area contributed by atoms with Crippen LogP contribution in [0.15, 0.2) is 24.4 Å². The molecule has 3 aromatic rings. The van der Waals surface area contributed by atoms with Gasteiger partial charge in [0.25, 0.3) is 0 Å². The lowest BCUT2D eigenvalue weighted by Gasteiger charge is -2.30. The van der Waals surface area contributed by atoms with E-state index < -0.39 is 0 Å². The van der Waals surface area contributed by atoms with Crippen LogP contribution in [-0.4, -0.2) is 45.2 Å². The first-order valence-electron chi connectivity index (χ1n) is 12.0. The van der Waals surface area contributed by atoms with Gasteiger partial charge in [0, 0.05) is 36.9 Å². The molecule has 0 aromatic carbocycles. The molecule has 5 rings (SSSR count). The van der Waals surface area contributed by atoms with E-state index in [-0.39, 0.29) is 6.61 Å². The third kappa shape index (κ3) is 3.95. The van der Waals surface area contributed by atoms with Gasteiger partial charge in [0.1, 0.15) is 17.3 Å². The van der Waals surface area contributed by atoms with Crippen LogP contribution in [0.4, 0.5) is 11.6 Å². The van der Waals surface area contributed by atoms with E-state index in [2.05, 4.69) is 52.0 Å². The Hall–Kier alpha value is -2.64. The summed E-state index contributed by atoms with van der Waals surface area (Å²) in [6, 6.07) is 7.03. The van der Waals surface area contributed by atoms with Gasteiger partial charge in [0.2, 0.25) is 0 Å². The summed E-state index contributed by atoms with van der Waals surface area (Å²) in [6.07, 6.45) is 7.62. The number of aliphatic hydroxyl groups excluding tert-OH is 1. The summed E-state index contributed by atoms with van der Waals surface area (Å²) in [7, 11) is 0. The third-order valence-electron chi connectivity index (χ3n) is 6.90. The molecule has 1 saturated heterocycles. The monoisotopic (exact) mass is 434 g/mol. The highest BCUT2D eigenvalue weighted by molar-refractivity contribution is 5.60. The maximum Gasteiger partial charge on any atom is 0.143 e. The molecule has 1 aliphatic carbocycles. The fourth-order valence-corrected chi connectivity index (χ4v) is 5.13. The number of nitrogens with one attached hydrogen (secondary N) is 2. The SMILES string of the molecule is Cc1cc2c(nc1NCc1ccc(N3CCCNCC3C)n3c(CO)cnc13)CCCC2. The van der Waals surface area contributed by atoms with E-state index in [1.807, 2.05) is 0 Å². The molecule has 7 nitrogen and oxygen atoms in total. The summed E-state index contributed by atoms with van der Waals surface area (Å²) in [5, 5.41) is 17.1. The van der Waals surface area contributed by atoms with Crippen molar-refractivity contribution in [1.29, 1.82) is 0 Å². The molecule has 3 aromatic heterocycles. The predicted molar refractivity (Wildman–Crippen MR) is 128 cm³/mol. The Morgan fingerprint density at radius 3 is 2.97 bits per heavy atom. The number of hydrogen-bond donors (Lipinski definition) is 3. The maximum absolute atomic E-state index is 10.00. The number of nitrogens with zero attached hydrogens (tertiary/aromatic N) is 4. The number of pyridine rings is 2. The third-order valence-corrected chi connectivity index (χ3v) is 6.90. The van der Waals surface area contributed by atoms with Gasteiger partial charge in [-0.15, -0.1) is 0 Å². The summed E-state index contributed by atoms with van der Waals surface area (Å²) in [5.41, 5.74) is 6.69. The van der Waals surface area contributed by atoms with Crippen molar-refractivity contribution in [1.82, 2.24) is 19.7 Å². The molecule has 0 bridgehead atoms. The van der Waals surface area contributed by atoms with Crippen molar-refractivity contribution in [3.8, 4) is 0 Å². The molecule has 0 saturated carbocycles. The highest BCUT2D eigenvalue weighted by atomic mass is 16.3. The fourth-order valence-electron chi connectivity index (χ4n) is 5.13. The van der Waals surface area contributed by atoms with Crippen molar-refractivity contribution in [2.45, 2.75) is 65.1 Å². The number of anilines is 2. The van der Waals surface area contributed by atoms with Gasteiger partial charge >= 0.3 is 0 Å². The minimum atomic E-state index is -0.0307. The number of rotatable bonds is 5. The Kier molecular flexibility index (Phi) is 6.02. The molecule has 2 aliphatic rings. The molecule has 0 amide bonds. The number of aromatic nitrogens is 3. The van der Waals surface area contributed by atoms with E-state index in [9.17, 15) is 5.11 Å². The van der Waals surface area contributed by atoms with Crippen LogP contribution in [0, 0.1) is 6.92 Å². The molecule has 0 spiro atoms. The Balaban J connectivity index is 1.46. The van der Waals surface area contributed by atoms with Crippen LogP contribution in [0.5, 0.6) is 0 Å². The van der Waals surface area contributed by atoms with Gasteiger partial charge in [-0.1, -0.05) is 6.07 Å². The Morgan fingerprint density at radius 1 is 1.22 bits per heavy atom. The maximum atomic E-state index is 10.00. The van der Waals surface area contributed by atoms with Crippen molar-refractivity contribution in [3.05, 3.63) is 52.5 Å². The lowest BCUT2D eigenvalue weighted by atomic mass is 9.95. The molecule has 1 fully saturated rings. The molecular weight excluding hydrogens is 400 g/mol. The number of hydrogen-bond acceptors (Lipinski definition) is 6. The van der Waals surface area contributed by atoms with Gasteiger partial charge < -0.3 is 20.6 Å². The number of imidazole rings is 1. The Bertz CT molecular complexity index is 1110. The molecule has 1 unspecified atom stereocenters. The normalized spacial score (nSPS) is 19.1. The average Bonchev–Trinajstić information content (AvgIpc) is 3.13. The molecule has 0 radical (unpaired) electrons. The van der Waals surface area contributed by atoms with Crippen molar-refractivity contribution in [2.24, 2.45) is 0 Å². The van der Waals surface area contributed by atoms with Crippen LogP contribution < -0.4 is 15.5 Å². The molecule has 170 valence electrons. The van der Waals surface area contributed by atoms with Gasteiger partial charge in [-0.3, -0.25) is 4.40 Å². The first-order chi connectivity index (χ1) is 15.7. The van der Waals surface area contributed by atoms with Gasteiger partial charge in [-0.05, 0) is 75.8 Å². The molecule has 3 N–H and O–H groups in total. The van der Waals surface area contributed by atoms with E-state index >= 15 is 0 Å². The van der Waals surface area contributed by atoms with Gasteiger partial charge in [-0.25, -0.2) is 9.97 Å². The molecule has 1 atom stereocenters. The molecule has 32 heavy (non-hydrogen) atoms. The highest BCUT2D eigenvalue weighted by Crippen LogP contribution is 2.27. The minimum Gasteiger partial charge on any atom is -0.390 e. The summed E-state index contributed by atoms with van der Waals surface area (Å²) in [6.45, 7) is 7.98. The Labute approximate surface area is 189 Å². The quantitative estimate of drug-likeness (QED) is 0.572. The fraction of sp³-hybridized carbons (Fsp3) is 0.520. The minimum absolute atomic E-state index is 0.0307. The van der Waals surface area contributed by atoms with Gasteiger partial charge in [-0.2, -0.15) is 0 Å². The molecule has 1 aliphatic heterocycles. The summed E-state index contributed by atoms with van der Waals surface area (Å²) >= 11 is 0. The van der Waals surface area contributed by atoms with Crippen LogP contribution in [0.1, 0.15) is 54.3 Å². The zero-order valence-electron chi connectivity index (χ0n) is 19.2. The van der Waals surface area contributed by atoms with E-state index in [0.717, 1.165) is 67.4 Å². The second-order valence-corrected chi connectivity index (χ2v) is 9.20. The second-order valence-electron chi connectivity index (χ2n) is 9.20. The van der Waals surface area contributed by atoms with Crippen LogP contribution in [0.3, 0.4) is 0 Å². The number of fused-ring (bicyclic) bond motifs is 2. The molecule has 4 heterocycles. The molecule has 7 heteroatoms. The Morgan fingerprint density at radius 2 is 2.09 bits per heavy atom. The van der Waals surface area contributed by atoms with Gasteiger partial charge in [0.05, 0.1) is 18.5 Å². The van der Waals surface area contributed by atoms with Crippen LogP contribution in [-0.2, 0) is 26.0 Å². The van der Waals surface area contributed by atoms with Crippen molar-refractivity contribution in [2.75, 3.05) is 29.9 Å². The zero-order chi connectivity index (χ0) is 22.1. The second kappa shape index (κ2) is 9.08. The number of aryl methyl sites for hydroxylation is 3. The zero-order valence-corrected chi connectivity index (χ0v) is 19.2. The first-order valence-corrected chi connectivity index (χ1v) is 12.0. The largest absolute Gasteiger partial charge is 0.390 e. The van der Waals surface area contributed by atoms with E-state index in [1.54, 1.807) is 6.20 Å². The lowest BCUT2D eigenvalue weighted by Crippen LogP contribution is -2.38. The standard InChI is InChI=1S/C25H34N6O/c1-17-12-19-6-3-4-7-22(19)29-24(17)27-14-20-8-9-23(30-11-5-10-26-13-18(30)2)31-21(16-32)15-28-25(20)31/h8-9,12,15,18,26,32H,3-7,10-11,13-14,16H2,1-2H3,(H,27,29). The summed E-state index contributed by atoms with van der Waals surface area (Å²) in [5.74, 6) is 2.07. The number of aliphatic hydroxyl groups is 1. The summed E-state index contributed by atoms with van der Waals surface area (Å²) in [4.78, 5) is 12.1. The van der Waals surface area contributed by atoms with E-state index in [0.29, 0.717) is 12.6 Å². The van der Waals surface area contributed by atoms with Crippen LogP contribution >= 0.6 is 0 Å². The van der Waals surface area contributed by atoms with Crippen molar-refractivity contribution in [3.63, 3.8) is 0 Å². The average molecular weight is 435 g/mol. The van der Waals surface area contributed by atoms with Crippen molar-refractivity contribution < 1.29 is 5.11 Å². The summed E-state index contributed by atoms with van der Waals surface area (Å²) < 4.78 is 2.13. The van der Waals surface area contributed by atoms with E-state index in [4.69, 9.17) is 9.97 Å². The predicted octanol–water partition coefficient (Wildman–Crippen LogP) is 3.21. The van der Waals surface area contributed by atoms with Crippen LogP contribution in [0.25, 0.3) is 5.65 Å². The smallest absolute Gasteiger partial charge is 0.143 e. The lowest BCUT2D eigenvalue weighted by molar-refractivity contribution is 0.276. The molecular formula is C25H34N6O. The van der Waals surface area contributed by atoms with Crippen LogP contribution in [0.2, 0.25) is 0 Å². The highest BCUT2D eigenvalue weighted by Gasteiger charge is 2.22.